The van der Waals surface area contributed by atoms with Gasteiger partial charge in [-0.15, -0.1) is 0 Å². The molecule has 0 aliphatic carbocycles. The fraction of sp³-hybridized carbons (Fsp3) is 0.333. The van der Waals surface area contributed by atoms with Crippen LogP contribution >= 0.6 is 0 Å². The van der Waals surface area contributed by atoms with Crippen LogP contribution in [0.5, 0.6) is 5.75 Å². The van der Waals surface area contributed by atoms with Gasteiger partial charge in [0.25, 0.3) is 0 Å². The van der Waals surface area contributed by atoms with E-state index in [4.69, 9.17) is 0 Å². The molecule has 0 bridgehead atoms. The Morgan fingerprint density at radius 1 is 0.900 bits per heavy atom. The van der Waals surface area contributed by atoms with Crippen LogP contribution in [0.4, 0.5) is 11.4 Å². The Morgan fingerprint density at radius 2 is 1.50 bits per heavy atom. The van der Waals surface area contributed by atoms with Crippen LogP contribution in [-0.4, -0.2) is 5.11 Å². The molecule has 0 fully saturated rings. The van der Waals surface area contributed by atoms with Crippen molar-refractivity contribution in [1.29, 1.82) is 0 Å². The topological polar surface area (TPSA) is 32.3 Å². The maximum absolute atomic E-state index is 10.2. The van der Waals surface area contributed by atoms with Gasteiger partial charge in [0.1, 0.15) is 5.75 Å². The van der Waals surface area contributed by atoms with Gasteiger partial charge in [-0.1, -0.05) is 32.9 Å². The van der Waals surface area contributed by atoms with Crippen molar-refractivity contribution < 1.29 is 5.11 Å². The zero-order chi connectivity index (χ0) is 14.9. The van der Waals surface area contributed by atoms with Gasteiger partial charge in [0.15, 0.2) is 0 Å². The van der Waals surface area contributed by atoms with Gasteiger partial charge in [-0.25, -0.2) is 0 Å². The van der Waals surface area contributed by atoms with Crippen molar-refractivity contribution in [2.75, 3.05) is 5.32 Å². The van der Waals surface area contributed by atoms with Gasteiger partial charge >= 0.3 is 0 Å². The second-order valence-corrected chi connectivity index (χ2v) is 6.48. The minimum Gasteiger partial charge on any atom is -0.506 e. The molecule has 2 nitrogen and oxygen atoms in total. The second kappa shape index (κ2) is 5.20. The summed E-state index contributed by atoms with van der Waals surface area (Å²) in [4.78, 5) is 0. The van der Waals surface area contributed by atoms with Gasteiger partial charge in [-0.2, -0.15) is 0 Å². The summed E-state index contributed by atoms with van der Waals surface area (Å²) in [5.41, 5.74) is 5.32. The molecule has 0 aromatic heterocycles. The SMILES string of the molecule is Cc1cc(C)cc(Nc2ccc(C(C)(C)C)cc2O)c1. The first-order valence-electron chi connectivity index (χ1n) is 6.94. The lowest BCUT2D eigenvalue weighted by atomic mass is 9.87. The summed E-state index contributed by atoms with van der Waals surface area (Å²) in [6, 6.07) is 12.1. The van der Waals surface area contributed by atoms with E-state index in [9.17, 15) is 5.11 Å². The highest BCUT2D eigenvalue weighted by atomic mass is 16.3. The molecule has 0 heterocycles. The van der Waals surface area contributed by atoms with Crippen LogP contribution in [0.2, 0.25) is 0 Å². The van der Waals surface area contributed by atoms with E-state index in [0.29, 0.717) is 0 Å². The van der Waals surface area contributed by atoms with E-state index < -0.39 is 0 Å². The summed E-state index contributed by atoms with van der Waals surface area (Å²) < 4.78 is 0. The molecule has 0 radical (unpaired) electrons. The van der Waals surface area contributed by atoms with Crippen molar-refractivity contribution in [2.45, 2.75) is 40.0 Å². The van der Waals surface area contributed by atoms with E-state index in [1.165, 1.54) is 11.1 Å². The van der Waals surface area contributed by atoms with Crippen LogP contribution in [0.3, 0.4) is 0 Å². The smallest absolute Gasteiger partial charge is 0.139 e. The minimum absolute atomic E-state index is 0.0376. The molecule has 2 N–H and O–H groups in total. The first-order chi connectivity index (χ1) is 9.25. The van der Waals surface area contributed by atoms with E-state index in [-0.39, 0.29) is 11.2 Å². The fourth-order valence-electron chi connectivity index (χ4n) is 2.31. The predicted octanol–water partition coefficient (Wildman–Crippen LogP) is 5.05. The van der Waals surface area contributed by atoms with Crippen molar-refractivity contribution in [3.63, 3.8) is 0 Å². The Hall–Kier alpha value is -1.96. The molecule has 2 aromatic rings. The van der Waals surface area contributed by atoms with Crippen LogP contribution in [0.25, 0.3) is 0 Å². The maximum Gasteiger partial charge on any atom is 0.139 e. The number of aryl methyl sites for hydroxylation is 2. The number of benzene rings is 2. The number of hydrogen-bond acceptors (Lipinski definition) is 2. The molecule has 0 saturated heterocycles. The molecule has 0 aliphatic heterocycles. The van der Waals surface area contributed by atoms with Crippen molar-refractivity contribution in [3.05, 3.63) is 53.1 Å². The number of hydrogen-bond donors (Lipinski definition) is 2. The van der Waals surface area contributed by atoms with Crippen molar-refractivity contribution in [2.24, 2.45) is 0 Å². The molecule has 0 spiro atoms. The van der Waals surface area contributed by atoms with Crippen LogP contribution in [0.15, 0.2) is 36.4 Å². The van der Waals surface area contributed by atoms with Crippen molar-refractivity contribution in [3.8, 4) is 5.75 Å². The molecule has 0 unspecified atom stereocenters. The van der Waals surface area contributed by atoms with E-state index in [1.807, 2.05) is 12.1 Å². The highest BCUT2D eigenvalue weighted by Crippen LogP contribution is 2.32. The number of aromatic hydroxyl groups is 1. The van der Waals surface area contributed by atoms with E-state index in [0.717, 1.165) is 16.9 Å². The average Bonchev–Trinajstić information content (AvgIpc) is 2.29. The van der Waals surface area contributed by atoms with Crippen LogP contribution in [-0.2, 0) is 5.41 Å². The van der Waals surface area contributed by atoms with Crippen LogP contribution < -0.4 is 5.32 Å². The average molecular weight is 269 g/mol. The molecular formula is C18H23NO. The van der Waals surface area contributed by atoms with Crippen LogP contribution in [0, 0.1) is 13.8 Å². The standard InChI is InChI=1S/C18H23NO/c1-12-8-13(2)10-15(9-12)19-16-7-6-14(11-17(16)20)18(3,4)5/h6-11,19-20H,1-5H3. The Morgan fingerprint density at radius 3 is 2.00 bits per heavy atom. The molecule has 2 heteroatoms. The number of phenolic OH excluding ortho intramolecular Hbond substituents is 1. The molecule has 20 heavy (non-hydrogen) atoms. The Kier molecular flexibility index (Phi) is 3.76. The monoisotopic (exact) mass is 269 g/mol. The number of rotatable bonds is 2. The number of anilines is 2. The maximum atomic E-state index is 10.2. The largest absolute Gasteiger partial charge is 0.506 e. The zero-order valence-corrected chi connectivity index (χ0v) is 12.9. The molecular weight excluding hydrogens is 246 g/mol. The summed E-state index contributed by atoms with van der Waals surface area (Å²) in [5.74, 6) is 0.289. The normalized spacial score (nSPS) is 11.4. The zero-order valence-electron chi connectivity index (χ0n) is 12.9. The summed E-state index contributed by atoms with van der Waals surface area (Å²) in [6.07, 6.45) is 0. The first kappa shape index (κ1) is 14.4. The second-order valence-electron chi connectivity index (χ2n) is 6.48. The van der Waals surface area contributed by atoms with Gasteiger partial charge in [0, 0.05) is 5.69 Å². The lowest BCUT2D eigenvalue weighted by Gasteiger charge is -2.20. The third-order valence-electron chi connectivity index (χ3n) is 3.36. The molecule has 2 aromatic carbocycles. The Labute approximate surface area is 121 Å². The predicted molar refractivity (Wildman–Crippen MR) is 86.0 cm³/mol. The van der Waals surface area contributed by atoms with E-state index in [2.05, 4.69) is 64.2 Å². The number of phenols is 1. The van der Waals surface area contributed by atoms with Gasteiger partial charge in [-0.05, 0) is 60.2 Å². The highest BCUT2D eigenvalue weighted by Gasteiger charge is 2.15. The highest BCUT2D eigenvalue weighted by molar-refractivity contribution is 5.67. The number of nitrogens with one attached hydrogen (secondary N) is 1. The van der Waals surface area contributed by atoms with Gasteiger partial charge in [-0.3, -0.25) is 0 Å². The first-order valence-corrected chi connectivity index (χ1v) is 6.94. The molecule has 2 rings (SSSR count). The lowest BCUT2D eigenvalue weighted by molar-refractivity contribution is 0.473. The minimum atomic E-state index is 0.0376. The molecule has 0 amide bonds. The Balaban J connectivity index is 2.30. The summed E-state index contributed by atoms with van der Waals surface area (Å²) in [5, 5.41) is 13.5. The summed E-state index contributed by atoms with van der Waals surface area (Å²) in [7, 11) is 0. The third kappa shape index (κ3) is 3.32. The molecule has 0 aliphatic rings. The molecule has 106 valence electrons. The molecule has 0 atom stereocenters. The van der Waals surface area contributed by atoms with Crippen molar-refractivity contribution in [1.82, 2.24) is 0 Å². The van der Waals surface area contributed by atoms with E-state index >= 15 is 0 Å². The van der Waals surface area contributed by atoms with Gasteiger partial charge < -0.3 is 10.4 Å². The van der Waals surface area contributed by atoms with Crippen LogP contribution in [0.1, 0.15) is 37.5 Å². The van der Waals surface area contributed by atoms with E-state index in [1.54, 1.807) is 0 Å². The van der Waals surface area contributed by atoms with Crippen molar-refractivity contribution >= 4 is 11.4 Å². The van der Waals surface area contributed by atoms with Gasteiger partial charge in [0.05, 0.1) is 5.69 Å². The lowest BCUT2D eigenvalue weighted by Crippen LogP contribution is -2.10. The Bertz CT molecular complexity index is 604. The fourth-order valence-corrected chi connectivity index (χ4v) is 2.31. The molecule has 0 saturated carbocycles. The van der Waals surface area contributed by atoms with Gasteiger partial charge in [0.2, 0.25) is 0 Å². The summed E-state index contributed by atoms with van der Waals surface area (Å²) in [6.45, 7) is 10.6. The summed E-state index contributed by atoms with van der Waals surface area (Å²) >= 11 is 0. The third-order valence-corrected chi connectivity index (χ3v) is 3.36. The quantitative estimate of drug-likeness (QED) is 0.748.